The van der Waals surface area contributed by atoms with E-state index in [2.05, 4.69) is 4.98 Å². The molecule has 1 aromatic heterocycles. The molecule has 1 aromatic carbocycles. The molecule has 0 unspecified atom stereocenters. The molecule has 3 rings (SSSR count). The fourth-order valence-electron chi connectivity index (χ4n) is 2.89. The highest BCUT2D eigenvalue weighted by atomic mass is 32.2. The predicted octanol–water partition coefficient (Wildman–Crippen LogP) is 1.81. The minimum atomic E-state index is -3.76. The molecule has 0 bridgehead atoms. The Balaban J connectivity index is 1.96. The van der Waals surface area contributed by atoms with E-state index >= 15 is 0 Å². The SMILES string of the molecule is CCN1CCN(S(=O)(=O)c2cc(-c3cnc(C)o3)ccc2C)CC1=O. The number of hydrogen-bond acceptors (Lipinski definition) is 5. The zero-order chi connectivity index (χ0) is 18.2. The van der Waals surface area contributed by atoms with Gasteiger partial charge in [0.15, 0.2) is 11.7 Å². The van der Waals surface area contributed by atoms with Crippen molar-refractivity contribution in [1.82, 2.24) is 14.2 Å². The first-order valence-corrected chi connectivity index (χ1v) is 9.58. The molecule has 0 radical (unpaired) electrons. The highest BCUT2D eigenvalue weighted by molar-refractivity contribution is 7.89. The Labute approximate surface area is 147 Å². The van der Waals surface area contributed by atoms with Gasteiger partial charge in [-0.15, -0.1) is 0 Å². The van der Waals surface area contributed by atoms with E-state index in [4.69, 9.17) is 4.42 Å². The number of aryl methyl sites for hydroxylation is 2. The van der Waals surface area contributed by atoms with E-state index in [1.807, 2.05) is 6.92 Å². The van der Waals surface area contributed by atoms with Crippen LogP contribution in [0.2, 0.25) is 0 Å². The topological polar surface area (TPSA) is 83.7 Å². The van der Waals surface area contributed by atoms with Crippen LogP contribution in [0.5, 0.6) is 0 Å². The number of oxazole rings is 1. The Morgan fingerprint density at radius 3 is 2.60 bits per heavy atom. The molecule has 1 amide bonds. The van der Waals surface area contributed by atoms with Crippen LogP contribution in [0, 0.1) is 13.8 Å². The van der Waals surface area contributed by atoms with Crippen LogP contribution in [0.1, 0.15) is 18.4 Å². The fraction of sp³-hybridized carbons (Fsp3) is 0.412. The summed E-state index contributed by atoms with van der Waals surface area (Å²) in [7, 11) is -3.76. The van der Waals surface area contributed by atoms with Gasteiger partial charge < -0.3 is 9.32 Å². The van der Waals surface area contributed by atoms with Gasteiger partial charge in [-0.25, -0.2) is 13.4 Å². The monoisotopic (exact) mass is 363 g/mol. The molecule has 2 aromatic rings. The number of sulfonamides is 1. The molecule has 1 aliphatic rings. The molecular formula is C17H21N3O4S. The van der Waals surface area contributed by atoms with Crippen LogP contribution in [-0.2, 0) is 14.8 Å². The van der Waals surface area contributed by atoms with Gasteiger partial charge >= 0.3 is 0 Å². The lowest BCUT2D eigenvalue weighted by Gasteiger charge is -2.33. The summed E-state index contributed by atoms with van der Waals surface area (Å²) >= 11 is 0. The number of nitrogens with zero attached hydrogens (tertiary/aromatic N) is 3. The van der Waals surface area contributed by atoms with Gasteiger partial charge in [0.25, 0.3) is 0 Å². The summed E-state index contributed by atoms with van der Waals surface area (Å²) in [5.74, 6) is 0.860. The van der Waals surface area contributed by atoms with E-state index in [0.717, 1.165) is 0 Å². The molecule has 0 saturated carbocycles. The molecule has 1 fully saturated rings. The molecule has 1 saturated heterocycles. The Hall–Kier alpha value is -2.19. The fourth-order valence-corrected chi connectivity index (χ4v) is 4.52. The summed E-state index contributed by atoms with van der Waals surface area (Å²) in [5.41, 5.74) is 1.27. The van der Waals surface area contributed by atoms with Crippen molar-refractivity contribution in [2.75, 3.05) is 26.2 Å². The van der Waals surface area contributed by atoms with E-state index in [-0.39, 0.29) is 17.3 Å². The van der Waals surface area contributed by atoms with Gasteiger partial charge in [-0.05, 0) is 25.5 Å². The normalized spacial score (nSPS) is 16.4. The second-order valence-electron chi connectivity index (χ2n) is 6.04. The third kappa shape index (κ3) is 3.32. The maximum absolute atomic E-state index is 13.0. The van der Waals surface area contributed by atoms with Gasteiger partial charge in [-0.2, -0.15) is 4.31 Å². The molecule has 134 valence electrons. The average Bonchev–Trinajstić information content (AvgIpc) is 3.01. The minimum Gasteiger partial charge on any atom is -0.441 e. The summed E-state index contributed by atoms with van der Waals surface area (Å²) in [6.45, 7) is 6.53. The second kappa shape index (κ2) is 6.61. The van der Waals surface area contributed by atoms with Crippen molar-refractivity contribution < 1.29 is 17.6 Å². The minimum absolute atomic E-state index is 0.124. The third-order valence-electron chi connectivity index (χ3n) is 4.38. The van der Waals surface area contributed by atoms with Crippen LogP contribution in [-0.4, -0.2) is 54.7 Å². The number of benzene rings is 1. The largest absolute Gasteiger partial charge is 0.441 e. The Kier molecular flexibility index (Phi) is 4.66. The molecule has 1 aliphatic heterocycles. The van der Waals surface area contributed by atoms with Crippen LogP contribution in [0.15, 0.2) is 33.7 Å². The van der Waals surface area contributed by atoms with E-state index in [1.54, 1.807) is 43.1 Å². The smallest absolute Gasteiger partial charge is 0.243 e. The van der Waals surface area contributed by atoms with Crippen LogP contribution in [0.3, 0.4) is 0 Å². The van der Waals surface area contributed by atoms with Crippen LogP contribution < -0.4 is 0 Å². The number of piperazine rings is 1. The van der Waals surface area contributed by atoms with Crippen molar-refractivity contribution in [3.63, 3.8) is 0 Å². The molecule has 0 atom stereocenters. The maximum atomic E-state index is 13.0. The average molecular weight is 363 g/mol. The van der Waals surface area contributed by atoms with Crippen molar-refractivity contribution >= 4 is 15.9 Å². The number of carbonyl (C=O) groups excluding carboxylic acids is 1. The van der Waals surface area contributed by atoms with Crippen molar-refractivity contribution in [2.24, 2.45) is 0 Å². The van der Waals surface area contributed by atoms with Crippen molar-refractivity contribution in [3.05, 3.63) is 35.9 Å². The van der Waals surface area contributed by atoms with Crippen LogP contribution in [0.4, 0.5) is 0 Å². The third-order valence-corrected chi connectivity index (χ3v) is 6.36. The van der Waals surface area contributed by atoms with Crippen LogP contribution >= 0.6 is 0 Å². The number of rotatable bonds is 4. The quantitative estimate of drug-likeness (QED) is 0.827. The van der Waals surface area contributed by atoms with Gasteiger partial charge in [0.05, 0.1) is 17.6 Å². The molecular weight excluding hydrogens is 342 g/mol. The summed E-state index contributed by atoms with van der Waals surface area (Å²) in [6.07, 6.45) is 1.57. The molecule has 8 heteroatoms. The molecule has 0 aliphatic carbocycles. The van der Waals surface area contributed by atoms with Gasteiger partial charge in [0.1, 0.15) is 0 Å². The zero-order valence-corrected chi connectivity index (χ0v) is 15.3. The molecule has 2 heterocycles. The maximum Gasteiger partial charge on any atom is 0.243 e. The molecule has 7 nitrogen and oxygen atoms in total. The van der Waals surface area contributed by atoms with Crippen molar-refractivity contribution in [1.29, 1.82) is 0 Å². The number of carbonyl (C=O) groups is 1. The second-order valence-corrected chi connectivity index (χ2v) is 7.94. The van der Waals surface area contributed by atoms with E-state index in [1.165, 1.54) is 4.31 Å². The molecule has 25 heavy (non-hydrogen) atoms. The van der Waals surface area contributed by atoms with Crippen molar-refractivity contribution in [3.8, 4) is 11.3 Å². The predicted molar refractivity (Wildman–Crippen MR) is 92.4 cm³/mol. The van der Waals surface area contributed by atoms with Gasteiger partial charge in [-0.1, -0.05) is 12.1 Å². The lowest BCUT2D eigenvalue weighted by atomic mass is 10.1. The number of amides is 1. The van der Waals surface area contributed by atoms with Crippen molar-refractivity contribution in [2.45, 2.75) is 25.7 Å². The molecule has 0 spiro atoms. The van der Waals surface area contributed by atoms with Gasteiger partial charge in [0.2, 0.25) is 15.9 Å². The summed E-state index contributed by atoms with van der Waals surface area (Å²) in [5, 5.41) is 0. The Morgan fingerprint density at radius 2 is 2.00 bits per heavy atom. The zero-order valence-electron chi connectivity index (χ0n) is 14.5. The highest BCUT2D eigenvalue weighted by Gasteiger charge is 2.33. The van der Waals surface area contributed by atoms with Gasteiger partial charge in [-0.3, -0.25) is 4.79 Å². The number of likely N-dealkylation sites (N-methyl/N-ethyl adjacent to an activating group) is 1. The van der Waals surface area contributed by atoms with Crippen LogP contribution in [0.25, 0.3) is 11.3 Å². The summed E-state index contributed by atoms with van der Waals surface area (Å²) < 4.78 is 32.8. The summed E-state index contributed by atoms with van der Waals surface area (Å²) in [6, 6.07) is 5.12. The van der Waals surface area contributed by atoms with E-state index in [9.17, 15) is 13.2 Å². The summed E-state index contributed by atoms with van der Waals surface area (Å²) in [4.78, 5) is 18.0. The van der Waals surface area contributed by atoms with E-state index in [0.29, 0.717) is 42.4 Å². The van der Waals surface area contributed by atoms with Gasteiger partial charge in [0, 0.05) is 32.1 Å². The lowest BCUT2D eigenvalue weighted by molar-refractivity contribution is -0.133. The number of aromatic nitrogens is 1. The lowest BCUT2D eigenvalue weighted by Crippen LogP contribution is -2.51. The van der Waals surface area contributed by atoms with E-state index < -0.39 is 10.0 Å². The first-order chi connectivity index (χ1) is 11.8. The first kappa shape index (κ1) is 17.6. The highest BCUT2D eigenvalue weighted by Crippen LogP contribution is 2.28. The Bertz CT molecular complexity index is 904. The molecule has 0 N–H and O–H groups in total. The standard InChI is InChI=1S/C17H21N3O4S/c1-4-19-7-8-20(11-17(19)21)25(22,23)16-9-14(6-5-12(16)2)15-10-18-13(3)24-15/h5-6,9-10H,4,7-8,11H2,1-3H3. The Morgan fingerprint density at radius 1 is 1.24 bits per heavy atom. The first-order valence-electron chi connectivity index (χ1n) is 8.14. The number of hydrogen-bond donors (Lipinski definition) is 0.